The molecule has 2 rings (SSSR count). The van der Waals surface area contributed by atoms with Crippen LogP contribution in [0.5, 0.6) is 17.2 Å². The lowest BCUT2D eigenvalue weighted by atomic mass is 10.2. The summed E-state index contributed by atoms with van der Waals surface area (Å²) in [6, 6.07) is 12.0. The molecular formula is C14H14O4. The number of ether oxygens (including phenoxy) is 1. The second-order valence-corrected chi connectivity index (χ2v) is 3.95. The van der Waals surface area contributed by atoms with Crippen LogP contribution in [0.2, 0.25) is 0 Å². The Morgan fingerprint density at radius 1 is 0.778 bits per heavy atom. The Labute approximate surface area is 105 Å². The number of rotatable bonds is 4. The minimum absolute atomic E-state index is 0.0987. The Hall–Kier alpha value is -2.20. The lowest BCUT2D eigenvalue weighted by molar-refractivity contribution is 0.105. The van der Waals surface area contributed by atoms with Crippen LogP contribution in [0.15, 0.2) is 42.5 Å². The lowest BCUT2D eigenvalue weighted by Crippen LogP contribution is -1.94. The summed E-state index contributed by atoms with van der Waals surface area (Å²) in [5, 5.41) is 28.1. The van der Waals surface area contributed by atoms with E-state index in [9.17, 15) is 15.3 Å². The summed E-state index contributed by atoms with van der Waals surface area (Å²) in [6.07, 6.45) is 0. The number of phenolic OH excluding ortho intramolecular Hbond substituents is 3. The molecule has 0 saturated carbocycles. The molecule has 0 aliphatic carbocycles. The van der Waals surface area contributed by atoms with Crippen molar-refractivity contribution in [2.24, 2.45) is 0 Å². The molecule has 0 aliphatic rings. The van der Waals surface area contributed by atoms with Gasteiger partial charge in [0, 0.05) is 11.6 Å². The number of aromatic hydroxyl groups is 3. The van der Waals surface area contributed by atoms with Gasteiger partial charge in [-0.2, -0.15) is 0 Å². The number of hydrogen-bond donors (Lipinski definition) is 3. The Morgan fingerprint density at radius 2 is 1.44 bits per heavy atom. The van der Waals surface area contributed by atoms with Gasteiger partial charge in [0.25, 0.3) is 0 Å². The van der Waals surface area contributed by atoms with Crippen LogP contribution in [0.3, 0.4) is 0 Å². The van der Waals surface area contributed by atoms with Crippen molar-refractivity contribution in [3.05, 3.63) is 53.6 Å². The van der Waals surface area contributed by atoms with Crippen molar-refractivity contribution < 1.29 is 20.1 Å². The summed E-state index contributed by atoms with van der Waals surface area (Å²) in [5.41, 5.74) is 1.46. The zero-order valence-electron chi connectivity index (χ0n) is 9.71. The van der Waals surface area contributed by atoms with Gasteiger partial charge in [-0.1, -0.05) is 30.3 Å². The fraction of sp³-hybridized carbons (Fsp3) is 0.143. The summed E-state index contributed by atoms with van der Waals surface area (Å²) in [5.74, 6) is -0.719. The van der Waals surface area contributed by atoms with Gasteiger partial charge in [0.15, 0.2) is 11.5 Å². The van der Waals surface area contributed by atoms with Crippen LogP contribution in [0, 0.1) is 0 Å². The molecule has 3 N–H and O–H groups in total. The molecule has 0 fully saturated rings. The number of phenols is 3. The molecule has 0 amide bonds. The molecule has 0 aliphatic heterocycles. The van der Waals surface area contributed by atoms with Gasteiger partial charge >= 0.3 is 0 Å². The maximum atomic E-state index is 9.56. The zero-order valence-corrected chi connectivity index (χ0v) is 9.71. The zero-order chi connectivity index (χ0) is 13.0. The van der Waals surface area contributed by atoms with Crippen molar-refractivity contribution >= 4 is 0 Å². The third-order valence-electron chi connectivity index (χ3n) is 2.54. The molecule has 4 heteroatoms. The van der Waals surface area contributed by atoms with Crippen molar-refractivity contribution in [2.75, 3.05) is 0 Å². The normalized spacial score (nSPS) is 10.4. The molecule has 2 aromatic rings. The Morgan fingerprint density at radius 3 is 2.17 bits per heavy atom. The van der Waals surface area contributed by atoms with Crippen LogP contribution in [0.4, 0.5) is 0 Å². The molecule has 0 unspecified atom stereocenters. The molecule has 0 atom stereocenters. The largest absolute Gasteiger partial charge is 0.507 e. The van der Waals surface area contributed by atoms with Crippen LogP contribution < -0.4 is 0 Å². The van der Waals surface area contributed by atoms with Crippen LogP contribution >= 0.6 is 0 Å². The van der Waals surface area contributed by atoms with Crippen LogP contribution in [-0.4, -0.2) is 15.3 Å². The van der Waals surface area contributed by atoms with E-state index in [2.05, 4.69) is 0 Å². The SMILES string of the molecule is Oc1cc(O)c(COCc2ccccc2)cc1O. The Kier molecular flexibility index (Phi) is 3.69. The van der Waals surface area contributed by atoms with Gasteiger partial charge in [-0.3, -0.25) is 0 Å². The van der Waals surface area contributed by atoms with E-state index in [-0.39, 0.29) is 23.9 Å². The standard InChI is InChI=1S/C14H14O4/c15-12-7-14(17)13(16)6-11(12)9-18-8-10-4-2-1-3-5-10/h1-7,15-17H,8-9H2. The van der Waals surface area contributed by atoms with Crippen molar-refractivity contribution in [1.82, 2.24) is 0 Å². The Balaban J connectivity index is 1.97. The second kappa shape index (κ2) is 5.42. The van der Waals surface area contributed by atoms with E-state index in [0.29, 0.717) is 12.2 Å². The average molecular weight is 246 g/mol. The van der Waals surface area contributed by atoms with Crippen molar-refractivity contribution in [2.45, 2.75) is 13.2 Å². The van der Waals surface area contributed by atoms with Gasteiger partial charge in [-0.15, -0.1) is 0 Å². The first-order chi connectivity index (χ1) is 8.66. The first kappa shape index (κ1) is 12.3. The molecule has 0 saturated heterocycles. The topological polar surface area (TPSA) is 69.9 Å². The van der Waals surface area contributed by atoms with Gasteiger partial charge in [-0.05, 0) is 11.6 Å². The fourth-order valence-electron chi connectivity index (χ4n) is 1.58. The highest BCUT2D eigenvalue weighted by Crippen LogP contribution is 2.32. The molecule has 0 aromatic heterocycles. The van der Waals surface area contributed by atoms with Gasteiger partial charge < -0.3 is 20.1 Å². The van der Waals surface area contributed by atoms with E-state index in [1.165, 1.54) is 6.07 Å². The van der Waals surface area contributed by atoms with Crippen LogP contribution in [0.1, 0.15) is 11.1 Å². The number of hydrogen-bond acceptors (Lipinski definition) is 4. The van der Waals surface area contributed by atoms with Gasteiger partial charge in [0.1, 0.15) is 5.75 Å². The monoisotopic (exact) mass is 246 g/mol. The van der Waals surface area contributed by atoms with E-state index in [1.807, 2.05) is 30.3 Å². The molecule has 4 nitrogen and oxygen atoms in total. The summed E-state index contributed by atoms with van der Waals surface area (Å²) >= 11 is 0. The average Bonchev–Trinajstić information content (AvgIpc) is 2.37. The highest BCUT2D eigenvalue weighted by molar-refractivity contribution is 5.48. The third kappa shape index (κ3) is 2.93. The second-order valence-electron chi connectivity index (χ2n) is 3.95. The minimum Gasteiger partial charge on any atom is -0.507 e. The van der Waals surface area contributed by atoms with Crippen molar-refractivity contribution in [3.8, 4) is 17.2 Å². The van der Waals surface area contributed by atoms with Gasteiger partial charge in [-0.25, -0.2) is 0 Å². The van der Waals surface area contributed by atoms with E-state index in [0.717, 1.165) is 11.6 Å². The molecule has 0 bridgehead atoms. The van der Waals surface area contributed by atoms with Gasteiger partial charge in [0.2, 0.25) is 0 Å². The summed E-state index contributed by atoms with van der Waals surface area (Å²) in [6.45, 7) is 0.580. The van der Waals surface area contributed by atoms with Gasteiger partial charge in [0.05, 0.1) is 13.2 Å². The molecule has 0 spiro atoms. The summed E-state index contributed by atoms with van der Waals surface area (Å²) in [7, 11) is 0. The minimum atomic E-state index is -0.348. The molecular weight excluding hydrogens is 232 g/mol. The maximum Gasteiger partial charge on any atom is 0.161 e. The summed E-state index contributed by atoms with van der Waals surface area (Å²) < 4.78 is 5.43. The lowest BCUT2D eigenvalue weighted by Gasteiger charge is -2.08. The quantitative estimate of drug-likeness (QED) is 0.572. The molecule has 2 aromatic carbocycles. The molecule has 0 radical (unpaired) electrons. The van der Waals surface area contributed by atoms with E-state index in [4.69, 9.17) is 4.74 Å². The van der Waals surface area contributed by atoms with Crippen LogP contribution in [-0.2, 0) is 18.0 Å². The van der Waals surface area contributed by atoms with E-state index < -0.39 is 0 Å². The highest BCUT2D eigenvalue weighted by atomic mass is 16.5. The first-order valence-corrected chi connectivity index (χ1v) is 5.52. The Bertz CT molecular complexity index is 523. The maximum absolute atomic E-state index is 9.56. The molecule has 94 valence electrons. The third-order valence-corrected chi connectivity index (χ3v) is 2.54. The number of benzene rings is 2. The molecule has 18 heavy (non-hydrogen) atoms. The molecule has 0 heterocycles. The smallest absolute Gasteiger partial charge is 0.161 e. The first-order valence-electron chi connectivity index (χ1n) is 5.52. The highest BCUT2D eigenvalue weighted by Gasteiger charge is 2.07. The fourth-order valence-corrected chi connectivity index (χ4v) is 1.58. The van der Waals surface area contributed by atoms with Crippen molar-refractivity contribution in [3.63, 3.8) is 0 Å². The van der Waals surface area contributed by atoms with Crippen molar-refractivity contribution in [1.29, 1.82) is 0 Å². The van der Waals surface area contributed by atoms with E-state index in [1.54, 1.807) is 0 Å². The van der Waals surface area contributed by atoms with E-state index >= 15 is 0 Å². The summed E-state index contributed by atoms with van der Waals surface area (Å²) in [4.78, 5) is 0. The van der Waals surface area contributed by atoms with Crippen LogP contribution in [0.25, 0.3) is 0 Å². The predicted octanol–water partition coefficient (Wildman–Crippen LogP) is 2.52. The predicted molar refractivity (Wildman–Crippen MR) is 66.4 cm³/mol.